The van der Waals surface area contributed by atoms with Gasteiger partial charge in [0.2, 0.25) is 11.8 Å². The van der Waals surface area contributed by atoms with E-state index in [4.69, 9.17) is 27.9 Å². The molecule has 2 amide bonds. The summed E-state index contributed by atoms with van der Waals surface area (Å²) in [4.78, 5) is 23.7. The molecular weight excluding hydrogens is 339 g/mol. The van der Waals surface area contributed by atoms with Crippen LogP contribution in [0.3, 0.4) is 0 Å². The van der Waals surface area contributed by atoms with Crippen LogP contribution in [0.2, 0.25) is 10.0 Å². The summed E-state index contributed by atoms with van der Waals surface area (Å²) in [6.07, 6.45) is -0.328. The van der Waals surface area contributed by atoms with Crippen molar-refractivity contribution in [3.05, 3.63) is 52.5 Å². The number of carbonyl (C=O) groups excluding carboxylic acids is 2. The monoisotopic (exact) mass is 352 g/mol. The first-order valence-corrected chi connectivity index (χ1v) is 7.42. The average Bonchev–Trinajstić information content (AvgIpc) is 2.50. The molecular formula is C16H14Cl2N2O3. The van der Waals surface area contributed by atoms with E-state index in [0.717, 1.165) is 0 Å². The number of benzene rings is 2. The van der Waals surface area contributed by atoms with E-state index in [1.807, 2.05) is 0 Å². The number of hydrogen-bond donors (Lipinski definition) is 2. The van der Waals surface area contributed by atoms with Crippen LogP contribution in [0.4, 0.5) is 11.4 Å². The summed E-state index contributed by atoms with van der Waals surface area (Å²) in [7, 11) is 1.56. The lowest BCUT2D eigenvalue weighted by molar-refractivity contribution is -0.123. The third-order valence-corrected chi connectivity index (χ3v) is 3.45. The minimum Gasteiger partial charge on any atom is -0.497 e. The highest BCUT2D eigenvalue weighted by atomic mass is 35.5. The molecule has 120 valence electrons. The summed E-state index contributed by atoms with van der Waals surface area (Å²) in [5.74, 6) is -0.226. The second-order valence-electron chi connectivity index (χ2n) is 4.63. The minimum atomic E-state index is -0.472. The first-order valence-electron chi connectivity index (χ1n) is 6.67. The molecule has 0 aromatic heterocycles. The molecule has 2 N–H and O–H groups in total. The summed E-state index contributed by atoms with van der Waals surface area (Å²) >= 11 is 11.7. The number of hydrogen-bond acceptors (Lipinski definition) is 3. The second-order valence-corrected chi connectivity index (χ2v) is 5.47. The molecule has 2 aromatic rings. The van der Waals surface area contributed by atoms with Crippen molar-refractivity contribution in [3.63, 3.8) is 0 Å². The number of nitrogens with one attached hydrogen (secondary N) is 2. The molecule has 0 aliphatic heterocycles. The third-order valence-electron chi connectivity index (χ3n) is 2.90. The van der Waals surface area contributed by atoms with E-state index in [2.05, 4.69) is 10.6 Å². The lowest BCUT2D eigenvalue weighted by atomic mass is 10.2. The van der Waals surface area contributed by atoms with Crippen molar-refractivity contribution < 1.29 is 14.3 Å². The molecule has 0 aliphatic rings. The standard InChI is InChI=1S/C16H14Cl2N2O3/c1-23-12-5-3-11(4-6-12)19-15(21)9-16(22)20-14-7-2-10(17)8-13(14)18/h2-8H,9H2,1H3,(H,19,21)(H,20,22). The van der Waals surface area contributed by atoms with E-state index < -0.39 is 11.8 Å². The second kappa shape index (κ2) is 7.85. The van der Waals surface area contributed by atoms with Crippen LogP contribution in [0, 0.1) is 0 Å². The van der Waals surface area contributed by atoms with Gasteiger partial charge < -0.3 is 15.4 Å². The van der Waals surface area contributed by atoms with Crippen molar-refractivity contribution in [3.8, 4) is 5.75 Å². The first kappa shape index (κ1) is 17.1. The van der Waals surface area contributed by atoms with E-state index in [9.17, 15) is 9.59 Å². The van der Waals surface area contributed by atoms with Crippen molar-refractivity contribution in [2.75, 3.05) is 17.7 Å². The molecule has 0 aliphatic carbocycles. The first-order chi connectivity index (χ1) is 11.0. The third kappa shape index (κ3) is 5.16. The van der Waals surface area contributed by atoms with Crippen LogP contribution in [-0.4, -0.2) is 18.9 Å². The van der Waals surface area contributed by atoms with Gasteiger partial charge in [-0.3, -0.25) is 9.59 Å². The van der Waals surface area contributed by atoms with Crippen molar-refractivity contribution in [2.24, 2.45) is 0 Å². The average molecular weight is 353 g/mol. The Hall–Kier alpha value is -2.24. The van der Waals surface area contributed by atoms with Gasteiger partial charge in [-0.2, -0.15) is 0 Å². The lowest BCUT2D eigenvalue weighted by Crippen LogP contribution is -2.21. The fraction of sp³-hybridized carbons (Fsp3) is 0.125. The van der Waals surface area contributed by atoms with Gasteiger partial charge in [-0.05, 0) is 42.5 Å². The molecule has 0 spiro atoms. The summed E-state index contributed by atoms with van der Waals surface area (Å²) in [5.41, 5.74) is 0.978. The van der Waals surface area contributed by atoms with Gasteiger partial charge in [-0.25, -0.2) is 0 Å². The van der Waals surface area contributed by atoms with Crippen molar-refractivity contribution in [2.45, 2.75) is 6.42 Å². The number of amides is 2. The Morgan fingerprint density at radius 2 is 1.65 bits per heavy atom. The Labute approximate surface area is 143 Å². The number of halogens is 2. The van der Waals surface area contributed by atoms with Crippen LogP contribution in [0.25, 0.3) is 0 Å². The molecule has 5 nitrogen and oxygen atoms in total. The minimum absolute atomic E-state index is 0.307. The molecule has 2 rings (SSSR count). The Morgan fingerprint density at radius 3 is 2.26 bits per heavy atom. The molecule has 7 heteroatoms. The molecule has 0 saturated heterocycles. The SMILES string of the molecule is COc1ccc(NC(=O)CC(=O)Nc2ccc(Cl)cc2Cl)cc1. The number of anilines is 2. The zero-order valence-corrected chi connectivity index (χ0v) is 13.7. The van der Waals surface area contributed by atoms with Crippen LogP contribution < -0.4 is 15.4 Å². The Bertz CT molecular complexity index is 718. The normalized spacial score (nSPS) is 10.0. The van der Waals surface area contributed by atoms with Gasteiger partial charge in [-0.1, -0.05) is 23.2 Å². The van der Waals surface area contributed by atoms with Gasteiger partial charge >= 0.3 is 0 Å². The van der Waals surface area contributed by atoms with Crippen molar-refractivity contribution in [1.29, 1.82) is 0 Å². The molecule has 0 heterocycles. The number of carbonyl (C=O) groups is 2. The lowest BCUT2D eigenvalue weighted by Gasteiger charge is -2.08. The van der Waals surface area contributed by atoms with Crippen LogP contribution in [0.5, 0.6) is 5.75 Å². The van der Waals surface area contributed by atoms with E-state index in [1.54, 1.807) is 43.5 Å². The number of rotatable bonds is 5. The smallest absolute Gasteiger partial charge is 0.233 e. The summed E-state index contributed by atoms with van der Waals surface area (Å²) in [6.45, 7) is 0. The van der Waals surface area contributed by atoms with Crippen LogP contribution >= 0.6 is 23.2 Å². The van der Waals surface area contributed by atoms with E-state index >= 15 is 0 Å². The highest BCUT2D eigenvalue weighted by Gasteiger charge is 2.12. The van der Waals surface area contributed by atoms with E-state index in [1.165, 1.54) is 6.07 Å². The van der Waals surface area contributed by atoms with Crippen molar-refractivity contribution >= 4 is 46.4 Å². The zero-order chi connectivity index (χ0) is 16.8. The van der Waals surface area contributed by atoms with Gasteiger partial charge in [0.15, 0.2) is 0 Å². The summed E-state index contributed by atoms with van der Waals surface area (Å²) in [6, 6.07) is 11.5. The van der Waals surface area contributed by atoms with Gasteiger partial charge in [0.1, 0.15) is 12.2 Å². The highest BCUT2D eigenvalue weighted by Crippen LogP contribution is 2.25. The Balaban J connectivity index is 1.90. The Kier molecular flexibility index (Phi) is 5.84. The predicted octanol–water partition coefficient (Wildman–Crippen LogP) is 3.97. The largest absolute Gasteiger partial charge is 0.497 e. The maximum absolute atomic E-state index is 11.9. The summed E-state index contributed by atoms with van der Waals surface area (Å²) < 4.78 is 5.03. The van der Waals surface area contributed by atoms with Crippen LogP contribution in [0.15, 0.2) is 42.5 Å². The molecule has 0 unspecified atom stereocenters. The molecule has 0 atom stereocenters. The molecule has 0 bridgehead atoms. The molecule has 0 radical (unpaired) electrons. The van der Waals surface area contributed by atoms with Crippen LogP contribution in [-0.2, 0) is 9.59 Å². The highest BCUT2D eigenvalue weighted by molar-refractivity contribution is 6.36. The van der Waals surface area contributed by atoms with E-state index in [-0.39, 0.29) is 6.42 Å². The van der Waals surface area contributed by atoms with Gasteiger partial charge in [-0.15, -0.1) is 0 Å². The topological polar surface area (TPSA) is 67.4 Å². The fourth-order valence-corrected chi connectivity index (χ4v) is 2.27. The number of ether oxygens (including phenoxy) is 1. The molecule has 0 saturated carbocycles. The van der Waals surface area contributed by atoms with Gasteiger partial charge in [0, 0.05) is 10.7 Å². The molecule has 0 fully saturated rings. The summed E-state index contributed by atoms with van der Waals surface area (Å²) in [5, 5.41) is 5.96. The van der Waals surface area contributed by atoms with Crippen LogP contribution in [0.1, 0.15) is 6.42 Å². The quantitative estimate of drug-likeness (QED) is 0.800. The maximum Gasteiger partial charge on any atom is 0.233 e. The Morgan fingerprint density at radius 1 is 1.00 bits per heavy atom. The predicted molar refractivity (Wildman–Crippen MR) is 91.3 cm³/mol. The fourth-order valence-electron chi connectivity index (χ4n) is 1.81. The van der Waals surface area contributed by atoms with Gasteiger partial charge in [0.05, 0.1) is 17.8 Å². The molecule has 23 heavy (non-hydrogen) atoms. The zero-order valence-electron chi connectivity index (χ0n) is 12.2. The maximum atomic E-state index is 11.9. The molecule has 2 aromatic carbocycles. The van der Waals surface area contributed by atoms with E-state index in [0.29, 0.717) is 27.2 Å². The number of methoxy groups -OCH3 is 1. The van der Waals surface area contributed by atoms with Gasteiger partial charge in [0.25, 0.3) is 0 Å². The van der Waals surface area contributed by atoms with Crippen molar-refractivity contribution in [1.82, 2.24) is 0 Å².